The van der Waals surface area contributed by atoms with Crippen LogP contribution in [0.2, 0.25) is 4.34 Å². The van der Waals surface area contributed by atoms with Gasteiger partial charge in [0.1, 0.15) is 16.0 Å². The van der Waals surface area contributed by atoms with Gasteiger partial charge in [-0.1, -0.05) is 35.9 Å². The van der Waals surface area contributed by atoms with Crippen LogP contribution < -0.4 is 10.1 Å². The summed E-state index contributed by atoms with van der Waals surface area (Å²) in [5, 5.41) is 4.62. The second-order valence-electron chi connectivity index (χ2n) is 6.68. The average molecular weight is 451 g/mol. The van der Waals surface area contributed by atoms with Crippen LogP contribution in [0, 0.1) is 0 Å². The van der Waals surface area contributed by atoms with Gasteiger partial charge < -0.3 is 10.1 Å². The van der Waals surface area contributed by atoms with Crippen molar-refractivity contribution >= 4 is 55.3 Å². The van der Waals surface area contributed by atoms with Crippen molar-refractivity contribution in [1.82, 2.24) is 4.31 Å². The van der Waals surface area contributed by atoms with Crippen LogP contribution in [-0.4, -0.2) is 38.3 Å². The first-order valence-corrected chi connectivity index (χ1v) is 11.7. The van der Waals surface area contributed by atoms with E-state index in [1.807, 2.05) is 24.3 Å². The molecule has 3 aromatic rings. The molecule has 1 amide bonds. The highest BCUT2D eigenvalue weighted by Gasteiger charge is 2.40. The number of thiophene rings is 1. The van der Waals surface area contributed by atoms with Gasteiger partial charge in [-0.25, -0.2) is 8.42 Å². The van der Waals surface area contributed by atoms with E-state index in [2.05, 4.69) is 5.32 Å². The molecule has 1 fully saturated rings. The molecule has 152 valence electrons. The van der Waals surface area contributed by atoms with Crippen molar-refractivity contribution in [3.05, 3.63) is 52.9 Å². The van der Waals surface area contributed by atoms with Crippen LogP contribution in [0.4, 0.5) is 5.69 Å². The van der Waals surface area contributed by atoms with Crippen molar-refractivity contribution in [2.45, 2.75) is 23.1 Å². The van der Waals surface area contributed by atoms with E-state index >= 15 is 0 Å². The zero-order valence-corrected chi connectivity index (χ0v) is 18.0. The highest BCUT2D eigenvalue weighted by molar-refractivity contribution is 7.91. The van der Waals surface area contributed by atoms with Crippen molar-refractivity contribution in [3.8, 4) is 5.75 Å². The minimum Gasteiger partial charge on any atom is -0.496 e. The Morgan fingerprint density at radius 1 is 1.17 bits per heavy atom. The van der Waals surface area contributed by atoms with Gasteiger partial charge in [-0.3, -0.25) is 4.79 Å². The molecule has 0 radical (unpaired) electrons. The van der Waals surface area contributed by atoms with Crippen LogP contribution in [-0.2, 0) is 14.8 Å². The van der Waals surface area contributed by atoms with E-state index in [9.17, 15) is 13.2 Å². The third kappa shape index (κ3) is 3.73. The predicted molar refractivity (Wildman–Crippen MR) is 115 cm³/mol. The quantitative estimate of drug-likeness (QED) is 0.626. The lowest BCUT2D eigenvalue weighted by atomic mass is 10.1. The minimum atomic E-state index is -3.77. The molecule has 1 unspecified atom stereocenters. The Bertz CT molecular complexity index is 1180. The average Bonchev–Trinajstić information content (AvgIpc) is 3.38. The lowest BCUT2D eigenvalue weighted by molar-refractivity contribution is -0.119. The van der Waals surface area contributed by atoms with E-state index in [-0.39, 0.29) is 10.1 Å². The first-order valence-electron chi connectivity index (χ1n) is 9.05. The van der Waals surface area contributed by atoms with Crippen LogP contribution in [0.3, 0.4) is 0 Å². The van der Waals surface area contributed by atoms with Crippen LogP contribution in [0.1, 0.15) is 12.8 Å². The summed E-state index contributed by atoms with van der Waals surface area (Å²) in [7, 11) is -2.18. The number of carbonyl (C=O) groups excluding carboxylic acids is 1. The summed E-state index contributed by atoms with van der Waals surface area (Å²) in [4.78, 5) is 13.0. The Kier molecular flexibility index (Phi) is 5.52. The summed E-state index contributed by atoms with van der Waals surface area (Å²) in [5.41, 5.74) is 0.620. The van der Waals surface area contributed by atoms with Crippen molar-refractivity contribution in [2.75, 3.05) is 19.0 Å². The van der Waals surface area contributed by atoms with Gasteiger partial charge in [-0.2, -0.15) is 4.31 Å². The minimum absolute atomic E-state index is 0.150. The normalized spacial score (nSPS) is 17.5. The molecular formula is C20H19ClN2O4S2. The molecule has 1 atom stereocenters. The Morgan fingerprint density at radius 3 is 2.62 bits per heavy atom. The Balaban J connectivity index is 1.63. The zero-order valence-electron chi connectivity index (χ0n) is 15.6. The number of methoxy groups -OCH3 is 1. The molecule has 2 heterocycles. The van der Waals surface area contributed by atoms with Gasteiger partial charge in [0.05, 0.1) is 11.4 Å². The number of fused-ring (bicyclic) bond motifs is 1. The Hall–Kier alpha value is -2.13. The number of sulfonamides is 1. The van der Waals surface area contributed by atoms with Crippen LogP contribution in [0.25, 0.3) is 10.8 Å². The number of amides is 1. The summed E-state index contributed by atoms with van der Waals surface area (Å²) in [6, 6.07) is 13.4. The number of rotatable bonds is 5. The Labute approximate surface area is 178 Å². The summed E-state index contributed by atoms with van der Waals surface area (Å²) >= 11 is 6.90. The summed E-state index contributed by atoms with van der Waals surface area (Å²) in [6.45, 7) is 0.305. The van der Waals surface area contributed by atoms with Crippen molar-refractivity contribution in [3.63, 3.8) is 0 Å². The number of carbonyl (C=O) groups is 1. The number of nitrogens with one attached hydrogen (secondary N) is 1. The lowest BCUT2D eigenvalue weighted by Crippen LogP contribution is -2.42. The number of nitrogens with zero attached hydrogens (tertiary/aromatic N) is 1. The molecule has 9 heteroatoms. The highest BCUT2D eigenvalue weighted by Crippen LogP contribution is 2.34. The van der Waals surface area contributed by atoms with E-state index in [1.165, 1.54) is 10.4 Å². The molecule has 1 N–H and O–H groups in total. The summed E-state index contributed by atoms with van der Waals surface area (Å²) in [6.07, 6.45) is 1.10. The maximum atomic E-state index is 13.0. The number of halogens is 1. The van der Waals surface area contributed by atoms with Gasteiger partial charge in [0.25, 0.3) is 10.0 Å². The number of hydrogen-bond acceptors (Lipinski definition) is 5. The SMILES string of the molecule is COc1ccc(NC(=O)C2CCCN2S(=O)(=O)c2ccc(Cl)s2)c2ccccc12. The fraction of sp³-hybridized carbons (Fsp3) is 0.250. The second-order valence-corrected chi connectivity index (χ2v) is 10.5. The third-order valence-electron chi connectivity index (χ3n) is 4.98. The van der Waals surface area contributed by atoms with Crippen LogP contribution >= 0.6 is 22.9 Å². The van der Waals surface area contributed by atoms with E-state index in [0.717, 1.165) is 22.1 Å². The van der Waals surface area contributed by atoms with E-state index in [4.69, 9.17) is 16.3 Å². The number of hydrogen-bond donors (Lipinski definition) is 1. The summed E-state index contributed by atoms with van der Waals surface area (Å²) < 4.78 is 33.2. The van der Waals surface area contributed by atoms with E-state index in [1.54, 1.807) is 25.3 Å². The molecule has 1 aromatic heterocycles. The molecule has 1 saturated heterocycles. The number of benzene rings is 2. The first kappa shape index (κ1) is 20.2. The van der Waals surface area contributed by atoms with Crippen LogP contribution in [0.15, 0.2) is 52.7 Å². The lowest BCUT2D eigenvalue weighted by Gasteiger charge is -2.23. The second kappa shape index (κ2) is 7.95. The van der Waals surface area contributed by atoms with Gasteiger partial charge in [0.15, 0.2) is 0 Å². The van der Waals surface area contributed by atoms with Crippen LogP contribution in [0.5, 0.6) is 5.75 Å². The zero-order chi connectivity index (χ0) is 20.6. The topological polar surface area (TPSA) is 75.7 Å². The number of ether oxygens (including phenoxy) is 1. The number of anilines is 1. The van der Waals surface area contributed by atoms with Gasteiger partial charge in [0, 0.05) is 23.0 Å². The van der Waals surface area contributed by atoms with Gasteiger partial charge in [-0.05, 0) is 37.1 Å². The molecule has 1 aliphatic heterocycles. The maximum absolute atomic E-state index is 13.0. The molecule has 2 aromatic carbocycles. The van der Waals surface area contributed by atoms with Gasteiger partial charge >= 0.3 is 0 Å². The van der Waals surface area contributed by atoms with Crippen molar-refractivity contribution in [1.29, 1.82) is 0 Å². The smallest absolute Gasteiger partial charge is 0.253 e. The molecule has 0 bridgehead atoms. The molecule has 4 rings (SSSR count). The van der Waals surface area contributed by atoms with E-state index in [0.29, 0.717) is 35.2 Å². The monoisotopic (exact) mass is 450 g/mol. The van der Waals surface area contributed by atoms with Gasteiger partial charge in [0.2, 0.25) is 5.91 Å². The van der Waals surface area contributed by atoms with Gasteiger partial charge in [-0.15, -0.1) is 11.3 Å². The standard InChI is InChI=1S/C20H19ClN2O4S2/c1-27-17-9-8-15(13-5-2-3-6-14(13)17)22-20(24)16-7-4-12-23(16)29(25,26)19-11-10-18(21)28-19/h2-3,5-6,8-11,16H,4,7,12H2,1H3,(H,22,24). The molecule has 6 nitrogen and oxygen atoms in total. The fourth-order valence-electron chi connectivity index (χ4n) is 3.62. The largest absolute Gasteiger partial charge is 0.496 e. The van der Waals surface area contributed by atoms with Crippen molar-refractivity contribution in [2.24, 2.45) is 0 Å². The fourth-order valence-corrected chi connectivity index (χ4v) is 6.88. The maximum Gasteiger partial charge on any atom is 0.253 e. The predicted octanol–water partition coefficient (Wildman–Crippen LogP) is 4.36. The molecule has 0 aliphatic carbocycles. The first-order chi connectivity index (χ1) is 13.9. The molecular weight excluding hydrogens is 432 g/mol. The van der Waals surface area contributed by atoms with Crippen molar-refractivity contribution < 1.29 is 17.9 Å². The molecule has 0 saturated carbocycles. The molecule has 1 aliphatic rings. The molecule has 29 heavy (non-hydrogen) atoms. The highest BCUT2D eigenvalue weighted by atomic mass is 35.5. The van der Waals surface area contributed by atoms with E-state index < -0.39 is 16.1 Å². The summed E-state index contributed by atoms with van der Waals surface area (Å²) in [5.74, 6) is 0.363. The Morgan fingerprint density at radius 2 is 1.93 bits per heavy atom. The molecule has 0 spiro atoms. The third-order valence-corrected chi connectivity index (χ3v) is 8.59.